The summed E-state index contributed by atoms with van der Waals surface area (Å²) in [6, 6.07) is 12.7. The van der Waals surface area contributed by atoms with Crippen molar-refractivity contribution in [1.82, 2.24) is 35.0 Å². The topological polar surface area (TPSA) is 195 Å². The molecule has 0 aliphatic carbocycles. The maximum atomic E-state index is 13.5. The summed E-state index contributed by atoms with van der Waals surface area (Å²) in [4.78, 5) is 80.9. The van der Waals surface area contributed by atoms with E-state index in [1.165, 1.54) is 11.9 Å². The van der Waals surface area contributed by atoms with Gasteiger partial charge in [-0.15, -0.1) is 0 Å². The van der Waals surface area contributed by atoms with Gasteiger partial charge in [0.2, 0.25) is 17.8 Å². The van der Waals surface area contributed by atoms with Gasteiger partial charge in [0.05, 0.1) is 11.7 Å². The second-order valence-electron chi connectivity index (χ2n) is 18.9. The number of amides is 4. The highest BCUT2D eigenvalue weighted by Gasteiger charge is 2.50. The molecule has 1 spiro atoms. The predicted octanol–water partition coefficient (Wildman–Crippen LogP) is 4.74. The Morgan fingerprint density at radius 1 is 1.00 bits per heavy atom. The van der Waals surface area contributed by atoms with Gasteiger partial charge in [-0.1, -0.05) is 17.7 Å². The monoisotopic (exact) mass is 908 g/mol. The number of nitrogens with one attached hydrogen (secondary N) is 3. The molecular formula is C47H57ClN10O7. The third-order valence-corrected chi connectivity index (χ3v) is 14.4. The van der Waals surface area contributed by atoms with Crippen molar-refractivity contribution in [3.05, 3.63) is 75.2 Å². The van der Waals surface area contributed by atoms with Crippen molar-refractivity contribution in [2.75, 3.05) is 61.5 Å². The minimum atomic E-state index is -1.23. The van der Waals surface area contributed by atoms with E-state index in [9.17, 15) is 29.1 Å². The number of nitrogens with zero attached hydrogens (tertiary/aromatic N) is 7. The van der Waals surface area contributed by atoms with Gasteiger partial charge in [-0.2, -0.15) is 4.98 Å². The fraction of sp³-hybridized carbons (Fsp3) is 0.511. The van der Waals surface area contributed by atoms with E-state index in [4.69, 9.17) is 21.3 Å². The molecule has 4 saturated heterocycles. The lowest BCUT2D eigenvalue weighted by Gasteiger charge is -2.59. The van der Waals surface area contributed by atoms with Gasteiger partial charge in [-0.25, -0.2) is 4.98 Å². The molecule has 0 radical (unpaired) electrons. The first-order chi connectivity index (χ1) is 31.1. The minimum absolute atomic E-state index is 0.0932. The van der Waals surface area contributed by atoms with E-state index in [1.807, 2.05) is 44.2 Å². The van der Waals surface area contributed by atoms with Gasteiger partial charge < -0.3 is 34.8 Å². The molecule has 4 atom stereocenters. The number of hydrogen-bond acceptors (Lipinski definition) is 13. The molecule has 65 heavy (non-hydrogen) atoms. The molecule has 4 fully saturated rings. The Balaban J connectivity index is 0.790. The third kappa shape index (κ3) is 8.49. The number of halogens is 1. The van der Waals surface area contributed by atoms with Crippen molar-refractivity contribution in [1.29, 1.82) is 0 Å². The number of likely N-dealkylation sites (N-methyl/N-ethyl adjacent to an activating group) is 1. The molecule has 9 rings (SSSR count). The molecule has 5 aliphatic rings. The van der Waals surface area contributed by atoms with Crippen LogP contribution in [0.15, 0.2) is 53.5 Å². The lowest BCUT2D eigenvalue weighted by Crippen LogP contribution is -2.64. The zero-order valence-corrected chi connectivity index (χ0v) is 38.2. The Morgan fingerprint density at radius 2 is 1.74 bits per heavy atom. The number of ether oxygens (including phenoxy) is 1. The zero-order chi connectivity index (χ0) is 45.9. The molecule has 344 valence electrons. The van der Waals surface area contributed by atoms with Crippen LogP contribution in [0, 0.1) is 11.3 Å². The van der Waals surface area contributed by atoms with E-state index in [2.05, 4.69) is 49.5 Å². The molecule has 7 heterocycles. The van der Waals surface area contributed by atoms with Gasteiger partial charge in [-0.05, 0) is 102 Å². The molecule has 17 nitrogen and oxygen atoms in total. The highest BCUT2D eigenvalue weighted by Crippen LogP contribution is 2.48. The molecule has 0 saturated carbocycles. The van der Waals surface area contributed by atoms with Crippen molar-refractivity contribution < 1.29 is 29.0 Å². The summed E-state index contributed by atoms with van der Waals surface area (Å²) < 4.78 is 7.29. The number of benzene rings is 2. The summed E-state index contributed by atoms with van der Waals surface area (Å²) in [5.74, 6) is 0.0936. The van der Waals surface area contributed by atoms with E-state index in [0.29, 0.717) is 45.9 Å². The zero-order valence-electron chi connectivity index (χ0n) is 37.5. The number of carbonyl (C=O) groups excluding carboxylic acids is 4. The maximum absolute atomic E-state index is 13.5. The number of aliphatic hydroxyl groups excluding tert-OH is 1. The highest BCUT2D eigenvalue weighted by molar-refractivity contribution is 6.33. The van der Waals surface area contributed by atoms with E-state index in [-0.39, 0.29) is 59.9 Å². The number of likely N-dealkylation sites (tertiary alicyclic amines) is 1. The normalized spacial score (nSPS) is 23.5. The Morgan fingerprint density at radius 3 is 2.43 bits per heavy atom. The summed E-state index contributed by atoms with van der Waals surface area (Å²) >= 11 is 6.64. The van der Waals surface area contributed by atoms with E-state index in [1.54, 1.807) is 22.9 Å². The fourth-order valence-electron chi connectivity index (χ4n) is 11.0. The van der Waals surface area contributed by atoms with Crippen LogP contribution in [0.1, 0.15) is 94.4 Å². The number of rotatable bonds is 11. The second kappa shape index (κ2) is 17.5. The second-order valence-corrected chi connectivity index (χ2v) is 19.3. The van der Waals surface area contributed by atoms with Crippen LogP contribution < -0.4 is 36.0 Å². The number of aliphatic hydroxyl groups is 1. The van der Waals surface area contributed by atoms with Crippen LogP contribution in [-0.4, -0.2) is 118 Å². The lowest BCUT2D eigenvalue weighted by atomic mass is 9.67. The Hall–Kier alpha value is -5.78. The van der Waals surface area contributed by atoms with Crippen LogP contribution >= 0.6 is 11.6 Å². The van der Waals surface area contributed by atoms with Crippen molar-refractivity contribution >= 4 is 69.3 Å². The quantitative estimate of drug-likeness (QED) is 0.151. The van der Waals surface area contributed by atoms with Crippen molar-refractivity contribution in [2.24, 2.45) is 11.3 Å². The molecule has 18 heteroatoms. The first kappa shape index (κ1) is 44.4. The van der Waals surface area contributed by atoms with Crippen molar-refractivity contribution in [3.8, 4) is 5.75 Å². The molecule has 0 bridgehead atoms. The smallest absolute Gasteiger partial charge is 0.293 e. The van der Waals surface area contributed by atoms with Crippen LogP contribution in [-0.2, 0) is 14.4 Å². The van der Waals surface area contributed by atoms with Gasteiger partial charge in [0.25, 0.3) is 17.4 Å². The molecule has 5 aliphatic heterocycles. The highest BCUT2D eigenvalue weighted by atomic mass is 35.5. The predicted molar refractivity (Wildman–Crippen MR) is 247 cm³/mol. The Labute approximate surface area is 382 Å². The molecule has 2 unspecified atom stereocenters. The lowest BCUT2D eigenvalue weighted by molar-refractivity contribution is -0.139. The number of aromatic nitrogens is 3. The van der Waals surface area contributed by atoms with Crippen LogP contribution in [0.3, 0.4) is 0 Å². The first-order valence-corrected chi connectivity index (χ1v) is 23.1. The molecule has 4 amide bonds. The average Bonchev–Trinajstić information content (AvgIpc) is 3.51. The van der Waals surface area contributed by atoms with E-state index in [0.717, 1.165) is 80.7 Å². The summed E-state index contributed by atoms with van der Waals surface area (Å²) in [6.45, 7) is 12.8. The van der Waals surface area contributed by atoms with E-state index >= 15 is 0 Å². The number of hydrogen-bond donors (Lipinski definition) is 4. The largest absolute Gasteiger partial charge is 0.478 e. The SMILES string of the molecule is CNC(=O)COc1cc2cc(Nc3nc(N4CCC(CN5[C@@H](C)CC6(C[C@@H]5C)CN(c5ccc7c(c5)C(=O)N(C5CCC(=O)NC5=O)C7O)C6)CC4)ncc3Cl)ccc2n(C(C)C)c1=O. The number of fused-ring (bicyclic) bond motifs is 2. The number of pyridine rings is 1. The number of carbonyl (C=O) groups is 4. The molecule has 4 aromatic rings. The van der Waals surface area contributed by atoms with Crippen LogP contribution in [0.25, 0.3) is 10.9 Å². The van der Waals surface area contributed by atoms with Gasteiger partial charge in [0.15, 0.2) is 24.4 Å². The molecule has 2 aromatic carbocycles. The summed E-state index contributed by atoms with van der Waals surface area (Å²) in [7, 11) is 1.52. The molecule has 4 N–H and O–H groups in total. The molecular weight excluding hydrogens is 852 g/mol. The molecule has 2 aromatic heterocycles. The Bertz CT molecular complexity index is 2590. The number of piperidine rings is 3. The maximum Gasteiger partial charge on any atom is 0.293 e. The van der Waals surface area contributed by atoms with Crippen molar-refractivity contribution in [2.45, 2.75) is 96.6 Å². The number of imide groups is 1. The minimum Gasteiger partial charge on any atom is -0.478 e. The number of anilines is 4. The van der Waals surface area contributed by atoms with Gasteiger partial charge >= 0.3 is 0 Å². The van der Waals surface area contributed by atoms with Crippen LogP contribution in [0.4, 0.5) is 23.1 Å². The summed E-state index contributed by atoms with van der Waals surface area (Å²) in [5.41, 5.74) is 3.18. The summed E-state index contributed by atoms with van der Waals surface area (Å²) in [6.07, 6.45) is 4.94. The van der Waals surface area contributed by atoms with Gasteiger partial charge in [0.1, 0.15) is 11.1 Å². The Kier molecular flexibility index (Phi) is 12.0. The van der Waals surface area contributed by atoms with Gasteiger partial charge in [0, 0.05) is 97.6 Å². The standard InChI is InChI=1S/C47H57ClN10O7/c1-26(2)57-36-9-6-31(16-30(36)17-38(45(57)64)65-23-40(60)49-5)51-41-35(48)21-50-46(53-41)54-14-12-29(13-15-54)22-56-27(3)19-47(20-28(56)4)24-55(25-47)32-7-8-33-34(18-32)44(63)58(43(33)62)37-10-11-39(59)52-42(37)61/h6-9,16-18,21,26-29,37,43,62H,10-15,19-20,22-25H2,1-5H3,(H,49,60)(H,50,51,53)(H,52,59,61)/t27-,28-,37?,43?/m0/s1. The van der Waals surface area contributed by atoms with Crippen LogP contribution in [0.5, 0.6) is 5.75 Å². The van der Waals surface area contributed by atoms with Crippen LogP contribution in [0.2, 0.25) is 5.02 Å². The van der Waals surface area contributed by atoms with E-state index < -0.39 is 18.2 Å². The fourth-order valence-corrected chi connectivity index (χ4v) is 11.1. The first-order valence-electron chi connectivity index (χ1n) is 22.7. The average molecular weight is 909 g/mol. The van der Waals surface area contributed by atoms with Crippen molar-refractivity contribution in [3.63, 3.8) is 0 Å². The third-order valence-electron chi connectivity index (χ3n) is 14.1. The summed E-state index contributed by atoms with van der Waals surface area (Å²) in [5, 5.41) is 20.3. The van der Waals surface area contributed by atoms with Gasteiger partial charge in [-0.3, -0.25) is 39.1 Å².